The van der Waals surface area contributed by atoms with Crippen molar-refractivity contribution in [1.82, 2.24) is 10.4 Å². The first-order chi connectivity index (χ1) is 14.3. The first kappa shape index (κ1) is 24.2. The van der Waals surface area contributed by atoms with E-state index in [1.165, 1.54) is 6.20 Å². The average molecular weight is 466 g/mol. The molecule has 3 N–H and O–H groups in total. The van der Waals surface area contributed by atoms with E-state index in [0.29, 0.717) is 12.1 Å². The number of nitrogens with one attached hydrogen (secondary N) is 1. The maximum atomic E-state index is 13.0. The van der Waals surface area contributed by atoms with Crippen LogP contribution in [0.4, 0.5) is 26.3 Å². The van der Waals surface area contributed by atoms with Crippen molar-refractivity contribution < 1.29 is 35.9 Å². The second kappa shape index (κ2) is 9.37. The van der Waals surface area contributed by atoms with Crippen LogP contribution in [-0.2, 0) is 21.9 Å². The molecule has 2 aromatic rings. The minimum absolute atomic E-state index is 0.0212. The first-order valence-electron chi connectivity index (χ1n) is 8.48. The van der Waals surface area contributed by atoms with E-state index in [-0.39, 0.29) is 16.6 Å². The molecule has 0 saturated carbocycles. The summed E-state index contributed by atoms with van der Waals surface area (Å²) >= 11 is 1.10. The summed E-state index contributed by atoms with van der Waals surface area (Å²) in [6, 6.07) is 0.856. The summed E-state index contributed by atoms with van der Waals surface area (Å²) in [5.74, 6) is -1.42. The molecule has 1 heterocycles. The maximum Gasteiger partial charge on any atom is 0.416 e. The molecule has 1 aromatic heterocycles. The van der Waals surface area contributed by atoms with Gasteiger partial charge in [-0.2, -0.15) is 31.4 Å². The molecule has 0 fully saturated rings. The predicted octanol–water partition coefficient (Wildman–Crippen LogP) is 4.38. The molecule has 31 heavy (non-hydrogen) atoms. The molecule has 6 nitrogen and oxygen atoms in total. The lowest BCUT2D eigenvalue weighted by molar-refractivity contribution is -0.143. The molecule has 0 unspecified atom stereocenters. The van der Waals surface area contributed by atoms with E-state index < -0.39 is 47.0 Å². The third kappa shape index (κ3) is 6.70. The van der Waals surface area contributed by atoms with E-state index in [0.717, 1.165) is 17.5 Å². The number of rotatable bonds is 6. The lowest BCUT2D eigenvalue weighted by atomic mass is 10.0. The fraction of sp³-hybridized carbons (Fsp3) is 0.278. The molecule has 0 aliphatic rings. The number of ether oxygens (including phenoxy) is 1. The number of carbonyl (C=O) groups excluding carboxylic acids is 1. The van der Waals surface area contributed by atoms with Gasteiger partial charge >= 0.3 is 18.3 Å². The number of alkyl halides is 6. The first-order valence-corrected chi connectivity index (χ1v) is 9.36. The summed E-state index contributed by atoms with van der Waals surface area (Å²) in [7, 11) is 0. The van der Waals surface area contributed by atoms with Crippen LogP contribution in [0.1, 0.15) is 35.5 Å². The van der Waals surface area contributed by atoms with Gasteiger partial charge in [0, 0.05) is 23.3 Å². The van der Waals surface area contributed by atoms with Crippen molar-refractivity contribution in [1.29, 1.82) is 0 Å². The summed E-state index contributed by atoms with van der Waals surface area (Å²) in [4.78, 5) is 16.2. The number of amidine groups is 1. The standard InChI is InChI=1S/C18H16F6N4O2S/c1-9(2)30-16(29)13(15-26-3-4-31-15)8-27-28-14(25)10-5-11(17(19,20)21)7-12(6-10)18(22,23)24/h3-9,27H,1-2H3,(H2,25,28)/b13-8+. The summed E-state index contributed by atoms with van der Waals surface area (Å²) < 4.78 is 82.9. The second-order valence-corrected chi connectivity index (χ2v) is 7.16. The Labute approximate surface area is 176 Å². The zero-order valence-electron chi connectivity index (χ0n) is 16.0. The van der Waals surface area contributed by atoms with Gasteiger partial charge in [0.2, 0.25) is 0 Å². The average Bonchev–Trinajstić information content (AvgIpc) is 3.16. The highest BCUT2D eigenvalue weighted by Crippen LogP contribution is 2.36. The van der Waals surface area contributed by atoms with Crippen molar-refractivity contribution in [3.8, 4) is 0 Å². The van der Waals surface area contributed by atoms with Gasteiger partial charge in [-0.15, -0.1) is 11.3 Å². The molecule has 0 bridgehead atoms. The van der Waals surface area contributed by atoms with E-state index in [9.17, 15) is 31.1 Å². The number of aromatic nitrogens is 1. The Morgan fingerprint density at radius 1 is 1.16 bits per heavy atom. The Morgan fingerprint density at radius 3 is 2.19 bits per heavy atom. The summed E-state index contributed by atoms with van der Waals surface area (Å²) in [6.45, 7) is 3.24. The number of benzene rings is 1. The highest BCUT2D eigenvalue weighted by Gasteiger charge is 2.37. The van der Waals surface area contributed by atoms with Crippen molar-refractivity contribution in [3.63, 3.8) is 0 Å². The van der Waals surface area contributed by atoms with Gasteiger partial charge in [0.25, 0.3) is 0 Å². The zero-order valence-corrected chi connectivity index (χ0v) is 16.8. The van der Waals surface area contributed by atoms with E-state index in [4.69, 9.17) is 10.5 Å². The normalized spacial score (nSPS) is 13.5. The smallest absolute Gasteiger partial charge is 0.416 e. The van der Waals surface area contributed by atoms with Crippen molar-refractivity contribution >= 4 is 28.7 Å². The largest absolute Gasteiger partial charge is 0.459 e. The molecule has 13 heteroatoms. The van der Waals surface area contributed by atoms with Crippen LogP contribution in [-0.4, -0.2) is 22.9 Å². The fourth-order valence-corrected chi connectivity index (χ4v) is 2.82. The summed E-state index contributed by atoms with van der Waals surface area (Å²) in [5, 5.41) is 5.40. The molecular weight excluding hydrogens is 450 g/mol. The van der Waals surface area contributed by atoms with Gasteiger partial charge in [0.1, 0.15) is 10.6 Å². The van der Waals surface area contributed by atoms with E-state index in [1.807, 2.05) is 0 Å². The lowest BCUT2D eigenvalue weighted by Gasteiger charge is -2.14. The number of thiazole rings is 1. The topological polar surface area (TPSA) is 89.6 Å². The monoisotopic (exact) mass is 466 g/mol. The van der Waals surface area contributed by atoms with Crippen LogP contribution in [0.15, 0.2) is 41.1 Å². The molecule has 168 valence electrons. The number of hydrogen-bond acceptors (Lipinski definition) is 6. The van der Waals surface area contributed by atoms with Crippen LogP contribution in [0.25, 0.3) is 5.57 Å². The molecular formula is C18H16F6N4O2S. The number of hydrogen-bond donors (Lipinski definition) is 2. The summed E-state index contributed by atoms with van der Waals surface area (Å²) in [5.41, 5.74) is 4.09. The number of esters is 1. The number of nitrogens with two attached hydrogens (primary N) is 1. The number of halogens is 6. The van der Waals surface area contributed by atoms with Gasteiger partial charge in [-0.05, 0) is 32.0 Å². The van der Waals surface area contributed by atoms with Crippen molar-refractivity contribution in [3.05, 3.63) is 57.7 Å². The minimum Gasteiger partial charge on any atom is -0.459 e. The molecule has 0 radical (unpaired) electrons. The highest BCUT2D eigenvalue weighted by molar-refractivity contribution is 7.11. The molecule has 1 aromatic carbocycles. The second-order valence-electron chi connectivity index (χ2n) is 6.27. The molecule has 0 spiro atoms. The van der Waals surface area contributed by atoms with Crippen LogP contribution in [0.2, 0.25) is 0 Å². The van der Waals surface area contributed by atoms with Gasteiger partial charge in [-0.25, -0.2) is 9.78 Å². The van der Waals surface area contributed by atoms with E-state index in [1.54, 1.807) is 19.2 Å². The molecule has 0 amide bonds. The van der Waals surface area contributed by atoms with Crippen LogP contribution in [0.5, 0.6) is 0 Å². The van der Waals surface area contributed by atoms with Gasteiger partial charge in [-0.3, -0.25) is 5.43 Å². The third-order valence-corrected chi connectivity index (χ3v) is 4.31. The Hall–Kier alpha value is -3.09. The quantitative estimate of drug-likeness (QED) is 0.165. The Balaban J connectivity index is 2.38. The van der Waals surface area contributed by atoms with Crippen LogP contribution in [0.3, 0.4) is 0 Å². The minimum atomic E-state index is -5.03. The number of hydrazone groups is 1. The van der Waals surface area contributed by atoms with Crippen molar-refractivity contribution in [2.45, 2.75) is 32.3 Å². The lowest BCUT2D eigenvalue weighted by Crippen LogP contribution is -2.20. The van der Waals surface area contributed by atoms with Gasteiger partial charge in [0.15, 0.2) is 5.84 Å². The predicted molar refractivity (Wildman–Crippen MR) is 102 cm³/mol. The fourth-order valence-electron chi connectivity index (χ4n) is 2.18. The maximum absolute atomic E-state index is 13.0. The Morgan fingerprint density at radius 2 is 1.74 bits per heavy atom. The molecule has 2 rings (SSSR count). The molecule has 0 saturated heterocycles. The number of carbonyl (C=O) groups is 1. The molecule has 0 atom stereocenters. The summed E-state index contributed by atoms with van der Waals surface area (Å²) in [6.07, 6.45) is -8.04. The van der Waals surface area contributed by atoms with Crippen LogP contribution >= 0.6 is 11.3 Å². The molecule has 0 aliphatic carbocycles. The molecule has 0 aliphatic heterocycles. The van der Waals surface area contributed by atoms with Gasteiger partial charge in [0.05, 0.1) is 17.2 Å². The van der Waals surface area contributed by atoms with Gasteiger partial charge < -0.3 is 10.5 Å². The van der Waals surface area contributed by atoms with E-state index >= 15 is 0 Å². The van der Waals surface area contributed by atoms with Crippen molar-refractivity contribution in [2.75, 3.05) is 0 Å². The van der Waals surface area contributed by atoms with Crippen LogP contribution < -0.4 is 11.2 Å². The Bertz CT molecular complexity index is 950. The zero-order chi connectivity index (χ0) is 23.4. The van der Waals surface area contributed by atoms with Crippen molar-refractivity contribution in [2.24, 2.45) is 10.8 Å². The highest BCUT2D eigenvalue weighted by atomic mass is 32.1. The Kier molecular flexibility index (Phi) is 7.31. The van der Waals surface area contributed by atoms with Crippen LogP contribution in [0, 0.1) is 0 Å². The van der Waals surface area contributed by atoms with E-state index in [2.05, 4.69) is 15.5 Å². The third-order valence-electron chi connectivity index (χ3n) is 3.50. The van der Waals surface area contributed by atoms with Gasteiger partial charge in [-0.1, -0.05) is 0 Å². The number of nitrogens with zero attached hydrogens (tertiary/aromatic N) is 2. The SMILES string of the molecule is CC(C)OC(=O)/C(=C/N/N=C(\N)c1cc(C(F)(F)F)cc(C(F)(F)F)c1)c1nccs1.